The van der Waals surface area contributed by atoms with Gasteiger partial charge in [0.1, 0.15) is 11.6 Å². The van der Waals surface area contributed by atoms with Crippen LogP contribution in [0.2, 0.25) is 0 Å². The molecule has 0 unspecified atom stereocenters. The van der Waals surface area contributed by atoms with E-state index in [1.54, 1.807) is 34.8 Å². The average Bonchev–Trinajstić information content (AvgIpc) is 3.32. The van der Waals surface area contributed by atoms with E-state index < -0.39 is 10.0 Å². The number of hydrogen-bond acceptors (Lipinski definition) is 6. The van der Waals surface area contributed by atoms with Crippen LogP contribution in [0, 0.1) is 19.7 Å². The van der Waals surface area contributed by atoms with Crippen molar-refractivity contribution in [2.24, 2.45) is 0 Å². The first kappa shape index (κ1) is 22.4. The van der Waals surface area contributed by atoms with E-state index in [0.29, 0.717) is 35.1 Å². The molecular weight excluding hydrogens is 451 g/mol. The van der Waals surface area contributed by atoms with Gasteiger partial charge >= 0.3 is 0 Å². The molecule has 32 heavy (non-hydrogen) atoms. The lowest BCUT2D eigenvalue weighted by Gasteiger charge is -2.13. The third-order valence-corrected chi connectivity index (χ3v) is 7.28. The Morgan fingerprint density at radius 1 is 1.19 bits per heavy atom. The zero-order valence-electron chi connectivity index (χ0n) is 17.9. The molecule has 0 saturated carbocycles. The molecule has 2 aromatic carbocycles. The minimum atomic E-state index is -3.68. The molecule has 2 heterocycles. The van der Waals surface area contributed by atoms with Crippen LogP contribution in [0.25, 0.3) is 16.3 Å². The predicted molar refractivity (Wildman–Crippen MR) is 122 cm³/mol. The standard InChI is InChI=1S/C22H23FN4O3S2/c1-4-30-20-14(2)11-17(12-15(20)3)32(28,29)24-10-9-16-13-31-22-25-21(26-27(16)22)18-7-5-6-8-19(18)23/h5-8,11-13,24H,4,9-10H2,1-3H3. The molecule has 0 spiro atoms. The SMILES string of the molecule is CCOc1c(C)cc(S(=O)(=O)NCCc2csc3nc(-c4ccccc4F)nn23)cc1C. The van der Waals surface area contributed by atoms with E-state index in [1.165, 1.54) is 17.4 Å². The maximum atomic E-state index is 14.1. The molecule has 1 N–H and O–H groups in total. The van der Waals surface area contributed by atoms with Crippen molar-refractivity contribution in [1.29, 1.82) is 0 Å². The Morgan fingerprint density at radius 2 is 1.91 bits per heavy atom. The molecule has 0 aliphatic rings. The van der Waals surface area contributed by atoms with Crippen molar-refractivity contribution >= 4 is 26.3 Å². The highest BCUT2D eigenvalue weighted by molar-refractivity contribution is 7.89. The van der Waals surface area contributed by atoms with Crippen LogP contribution in [0.1, 0.15) is 23.7 Å². The van der Waals surface area contributed by atoms with Crippen molar-refractivity contribution in [2.75, 3.05) is 13.2 Å². The van der Waals surface area contributed by atoms with Crippen LogP contribution in [-0.2, 0) is 16.4 Å². The molecule has 0 aliphatic carbocycles. The van der Waals surface area contributed by atoms with Gasteiger partial charge in [0, 0.05) is 18.3 Å². The van der Waals surface area contributed by atoms with E-state index in [0.717, 1.165) is 16.8 Å². The molecule has 0 radical (unpaired) electrons. The monoisotopic (exact) mass is 474 g/mol. The second-order valence-corrected chi connectivity index (χ2v) is 9.91. The second kappa shape index (κ2) is 8.97. The molecule has 0 fully saturated rings. The number of nitrogens with one attached hydrogen (secondary N) is 1. The minimum Gasteiger partial charge on any atom is -0.493 e. The maximum Gasteiger partial charge on any atom is 0.240 e. The summed E-state index contributed by atoms with van der Waals surface area (Å²) in [6, 6.07) is 9.56. The topological polar surface area (TPSA) is 85.6 Å². The molecule has 0 saturated heterocycles. The van der Waals surface area contributed by atoms with Crippen LogP contribution in [0.4, 0.5) is 4.39 Å². The Hall–Kier alpha value is -2.82. The van der Waals surface area contributed by atoms with Crippen molar-refractivity contribution in [3.05, 3.63) is 64.4 Å². The Labute approximate surface area is 189 Å². The number of benzene rings is 2. The lowest BCUT2D eigenvalue weighted by Crippen LogP contribution is -2.26. The van der Waals surface area contributed by atoms with E-state index in [4.69, 9.17) is 4.74 Å². The van der Waals surface area contributed by atoms with Crippen LogP contribution in [-0.4, -0.2) is 36.2 Å². The van der Waals surface area contributed by atoms with Crippen LogP contribution in [0.3, 0.4) is 0 Å². The normalized spacial score (nSPS) is 11.9. The Bertz CT molecular complexity index is 1360. The van der Waals surface area contributed by atoms with Crippen molar-refractivity contribution in [2.45, 2.75) is 32.1 Å². The van der Waals surface area contributed by atoms with Gasteiger partial charge in [0.15, 0.2) is 5.82 Å². The molecule has 0 bridgehead atoms. The van der Waals surface area contributed by atoms with Crippen molar-refractivity contribution in [3.63, 3.8) is 0 Å². The summed E-state index contributed by atoms with van der Waals surface area (Å²) in [5.74, 6) is 0.627. The highest BCUT2D eigenvalue weighted by atomic mass is 32.2. The van der Waals surface area contributed by atoms with Gasteiger partial charge in [-0.2, -0.15) is 4.98 Å². The van der Waals surface area contributed by atoms with E-state index >= 15 is 0 Å². The van der Waals surface area contributed by atoms with Gasteiger partial charge in [-0.15, -0.1) is 16.4 Å². The molecule has 7 nitrogen and oxygen atoms in total. The highest BCUT2D eigenvalue weighted by Crippen LogP contribution is 2.27. The summed E-state index contributed by atoms with van der Waals surface area (Å²) in [7, 11) is -3.68. The molecule has 168 valence electrons. The van der Waals surface area contributed by atoms with Gasteiger partial charge in [-0.1, -0.05) is 12.1 Å². The molecular formula is C22H23FN4O3S2. The first-order valence-electron chi connectivity index (χ1n) is 10.1. The molecule has 4 aromatic rings. The maximum absolute atomic E-state index is 14.1. The molecule has 4 rings (SSSR count). The molecule has 0 amide bonds. The fourth-order valence-corrected chi connectivity index (χ4v) is 5.55. The summed E-state index contributed by atoms with van der Waals surface area (Å²) in [6.45, 7) is 6.26. The largest absolute Gasteiger partial charge is 0.493 e. The fraction of sp³-hybridized carbons (Fsp3) is 0.273. The van der Waals surface area contributed by atoms with Crippen molar-refractivity contribution < 1.29 is 17.5 Å². The van der Waals surface area contributed by atoms with E-state index in [2.05, 4.69) is 14.8 Å². The summed E-state index contributed by atoms with van der Waals surface area (Å²) < 4.78 is 49.5. The smallest absolute Gasteiger partial charge is 0.240 e. The second-order valence-electron chi connectivity index (χ2n) is 7.30. The molecule has 0 atom stereocenters. The molecule has 0 aliphatic heterocycles. The van der Waals surface area contributed by atoms with Gasteiger partial charge in [-0.05, 0) is 56.2 Å². The highest BCUT2D eigenvalue weighted by Gasteiger charge is 2.18. The quantitative estimate of drug-likeness (QED) is 0.415. The van der Waals surface area contributed by atoms with Gasteiger partial charge in [0.2, 0.25) is 15.0 Å². The third-order valence-electron chi connectivity index (χ3n) is 4.97. The van der Waals surface area contributed by atoms with Crippen LogP contribution in [0.5, 0.6) is 5.75 Å². The van der Waals surface area contributed by atoms with E-state index in [-0.39, 0.29) is 17.3 Å². The first-order chi connectivity index (χ1) is 15.3. The minimum absolute atomic E-state index is 0.189. The molecule has 2 aromatic heterocycles. The number of halogens is 1. The van der Waals surface area contributed by atoms with Gasteiger partial charge < -0.3 is 4.74 Å². The number of ether oxygens (including phenoxy) is 1. The number of aryl methyl sites for hydroxylation is 2. The number of hydrogen-bond donors (Lipinski definition) is 1. The van der Waals surface area contributed by atoms with Crippen LogP contribution in [0.15, 0.2) is 46.7 Å². The number of thiazole rings is 1. The summed E-state index contributed by atoms with van der Waals surface area (Å²) in [4.78, 5) is 5.22. The van der Waals surface area contributed by atoms with Crippen molar-refractivity contribution in [3.8, 4) is 17.1 Å². The number of aromatic nitrogens is 3. The van der Waals surface area contributed by atoms with Crippen molar-refractivity contribution in [1.82, 2.24) is 19.3 Å². The number of sulfonamides is 1. The van der Waals surface area contributed by atoms with E-state index in [1.807, 2.05) is 26.2 Å². The zero-order valence-corrected chi connectivity index (χ0v) is 19.6. The Balaban J connectivity index is 1.49. The van der Waals surface area contributed by atoms with Gasteiger partial charge in [-0.3, -0.25) is 0 Å². The van der Waals surface area contributed by atoms with Gasteiger partial charge in [-0.25, -0.2) is 22.0 Å². The average molecular weight is 475 g/mol. The Kier molecular flexibility index (Phi) is 6.27. The van der Waals surface area contributed by atoms with Crippen LogP contribution < -0.4 is 9.46 Å². The number of rotatable bonds is 8. The zero-order chi connectivity index (χ0) is 22.9. The number of nitrogens with zero attached hydrogens (tertiary/aromatic N) is 3. The fourth-order valence-electron chi connectivity index (χ4n) is 3.49. The Morgan fingerprint density at radius 3 is 2.59 bits per heavy atom. The first-order valence-corrected chi connectivity index (χ1v) is 12.5. The number of fused-ring (bicyclic) bond motifs is 1. The summed E-state index contributed by atoms with van der Waals surface area (Å²) in [5, 5.41) is 6.29. The lowest BCUT2D eigenvalue weighted by atomic mass is 10.1. The van der Waals surface area contributed by atoms with E-state index in [9.17, 15) is 12.8 Å². The van der Waals surface area contributed by atoms with Crippen LogP contribution >= 0.6 is 11.3 Å². The van der Waals surface area contributed by atoms with Gasteiger partial charge in [0.05, 0.1) is 22.8 Å². The summed E-state index contributed by atoms with van der Waals surface area (Å²) in [6.07, 6.45) is 0.411. The predicted octanol–water partition coefficient (Wildman–Crippen LogP) is 4.13. The lowest BCUT2D eigenvalue weighted by molar-refractivity contribution is 0.335. The third kappa shape index (κ3) is 4.38. The van der Waals surface area contributed by atoms with Gasteiger partial charge in [0.25, 0.3) is 0 Å². The molecule has 10 heteroatoms. The summed E-state index contributed by atoms with van der Waals surface area (Å²) in [5.41, 5.74) is 2.67. The summed E-state index contributed by atoms with van der Waals surface area (Å²) >= 11 is 1.38.